The summed E-state index contributed by atoms with van der Waals surface area (Å²) in [7, 11) is 0. The highest BCUT2D eigenvalue weighted by Gasteiger charge is 2.19. The zero-order valence-electron chi connectivity index (χ0n) is 13.1. The van der Waals surface area contributed by atoms with Crippen molar-refractivity contribution in [1.82, 2.24) is 0 Å². The van der Waals surface area contributed by atoms with Crippen LogP contribution in [0.2, 0.25) is 0 Å². The zero-order chi connectivity index (χ0) is 17.6. The minimum atomic E-state index is -0.461. The minimum absolute atomic E-state index is 0.243. The molecule has 3 rings (SSSR count). The fourth-order valence-electron chi connectivity index (χ4n) is 2.09. The topological polar surface area (TPSA) is 81.8 Å². The molecule has 124 valence electrons. The Labute approximate surface area is 148 Å². The number of thioether (sulfide) groups is 1. The first-order valence-electron chi connectivity index (χ1n) is 7.43. The Morgan fingerprint density at radius 3 is 2.40 bits per heavy atom. The first-order chi connectivity index (χ1) is 12.1. The summed E-state index contributed by atoms with van der Waals surface area (Å²) in [5, 5.41) is 0.243. The average Bonchev–Trinajstić information content (AvgIpc) is 2.93. The van der Waals surface area contributed by atoms with E-state index < -0.39 is 5.97 Å². The number of carbonyl (C=O) groups is 2. The van der Waals surface area contributed by atoms with Crippen LogP contribution in [0.1, 0.15) is 11.1 Å². The Hall–Kier alpha value is -3.12. The highest BCUT2D eigenvalue weighted by atomic mass is 32.2. The van der Waals surface area contributed by atoms with Crippen molar-refractivity contribution in [2.24, 2.45) is 10.7 Å². The van der Waals surface area contributed by atoms with E-state index >= 15 is 0 Å². The highest BCUT2D eigenvalue weighted by molar-refractivity contribution is 8.18. The summed E-state index contributed by atoms with van der Waals surface area (Å²) in [5.41, 5.74) is 7.22. The molecule has 25 heavy (non-hydrogen) atoms. The van der Waals surface area contributed by atoms with E-state index in [-0.39, 0.29) is 11.1 Å². The second-order valence-electron chi connectivity index (χ2n) is 5.10. The molecule has 0 fully saturated rings. The molecule has 0 saturated heterocycles. The molecule has 1 amide bonds. The molecule has 0 saturated carbocycles. The Balaban J connectivity index is 1.61. The van der Waals surface area contributed by atoms with Crippen molar-refractivity contribution in [3.63, 3.8) is 0 Å². The van der Waals surface area contributed by atoms with Crippen molar-refractivity contribution >= 4 is 41.0 Å². The first-order valence-corrected chi connectivity index (χ1v) is 8.25. The van der Waals surface area contributed by atoms with Crippen LogP contribution in [0.25, 0.3) is 12.2 Å². The Bertz CT molecular complexity index is 885. The molecule has 1 heterocycles. The lowest BCUT2D eigenvalue weighted by Gasteiger charge is -2.02. The number of benzene rings is 2. The van der Waals surface area contributed by atoms with E-state index in [2.05, 4.69) is 4.99 Å². The predicted octanol–water partition coefficient (Wildman–Crippen LogP) is 3.23. The van der Waals surface area contributed by atoms with Gasteiger partial charge in [-0.05, 0) is 47.2 Å². The van der Waals surface area contributed by atoms with Gasteiger partial charge in [-0.3, -0.25) is 4.79 Å². The second kappa shape index (κ2) is 7.63. The number of carbonyl (C=O) groups excluding carboxylic acids is 2. The van der Waals surface area contributed by atoms with Crippen LogP contribution in [0.3, 0.4) is 0 Å². The fourth-order valence-corrected chi connectivity index (χ4v) is 2.77. The van der Waals surface area contributed by atoms with Crippen molar-refractivity contribution < 1.29 is 14.3 Å². The van der Waals surface area contributed by atoms with Crippen LogP contribution in [0.15, 0.2) is 70.6 Å². The van der Waals surface area contributed by atoms with Gasteiger partial charge in [0.1, 0.15) is 5.75 Å². The molecule has 0 aromatic heterocycles. The average molecular weight is 350 g/mol. The number of nitrogens with two attached hydrogens (primary N) is 1. The van der Waals surface area contributed by atoms with E-state index in [1.165, 1.54) is 6.08 Å². The van der Waals surface area contributed by atoms with E-state index in [1.807, 2.05) is 30.3 Å². The smallest absolute Gasteiger partial charge is 0.336 e. The number of amides is 1. The van der Waals surface area contributed by atoms with Gasteiger partial charge in [0.15, 0.2) is 5.17 Å². The number of ether oxygens (including phenoxy) is 1. The van der Waals surface area contributed by atoms with Crippen molar-refractivity contribution in [3.8, 4) is 5.75 Å². The molecule has 1 aliphatic heterocycles. The van der Waals surface area contributed by atoms with Gasteiger partial charge >= 0.3 is 5.97 Å². The van der Waals surface area contributed by atoms with Gasteiger partial charge in [-0.1, -0.05) is 42.5 Å². The van der Waals surface area contributed by atoms with Gasteiger partial charge in [0.25, 0.3) is 5.91 Å². The lowest BCUT2D eigenvalue weighted by atomic mass is 10.2. The van der Waals surface area contributed by atoms with E-state index in [0.29, 0.717) is 10.7 Å². The first kappa shape index (κ1) is 16.7. The van der Waals surface area contributed by atoms with Crippen molar-refractivity contribution in [3.05, 3.63) is 76.7 Å². The normalized spacial score (nSPS) is 15.6. The number of hydrogen-bond donors (Lipinski definition) is 1. The molecule has 0 atom stereocenters. The Morgan fingerprint density at radius 1 is 1.04 bits per heavy atom. The standard InChI is InChI=1S/C19H14N2O3S/c20-19-21-18(23)16(25-19)12-14-6-9-15(10-7-14)24-17(22)11-8-13-4-2-1-3-5-13/h1-12H,(H2,20,21,23). The van der Waals surface area contributed by atoms with Gasteiger partial charge < -0.3 is 10.5 Å². The lowest BCUT2D eigenvalue weighted by Crippen LogP contribution is -2.03. The van der Waals surface area contributed by atoms with Crippen LogP contribution in [0, 0.1) is 0 Å². The quantitative estimate of drug-likeness (QED) is 0.520. The predicted molar refractivity (Wildman–Crippen MR) is 99.8 cm³/mol. The summed E-state index contributed by atoms with van der Waals surface area (Å²) < 4.78 is 5.24. The molecule has 2 N–H and O–H groups in total. The van der Waals surface area contributed by atoms with Gasteiger partial charge in [0, 0.05) is 6.08 Å². The van der Waals surface area contributed by atoms with Gasteiger partial charge in [0.2, 0.25) is 0 Å². The summed E-state index contributed by atoms with van der Waals surface area (Å²) in [6.45, 7) is 0. The lowest BCUT2D eigenvalue weighted by molar-refractivity contribution is -0.128. The summed E-state index contributed by atoms with van der Waals surface area (Å²) in [6.07, 6.45) is 4.75. The van der Waals surface area contributed by atoms with E-state index in [1.54, 1.807) is 36.4 Å². The van der Waals surface area contributed by atoms with Crippen LogP contribution < -0.4 is 10.5 Å². The maximum atomic E-state index is 11.8. The minimum Gasteiger partial charge on any atom is -0.423 e. The van der Waals surface area contributed by atoms with Gasteiger partial charge in [-0.15, -0.1) is 0 Å². The highest BCUT2D eigenvalue weighted by Crippen LogP contribution is 2.26. The molecule has 1 aliphatic rings. The molecule has 0 aliphatic carbocycles. The van der Waals surface area contributed by atoms with Crippen molar-refractivity contribution in [1.29, 1.82) is 0 Å². The summed E-state index contributed by atoms with van der Waals surface area (Å²) >= 11 is 1.13. The van der Waals surface area contributed by atoms with Gasteiger partial charge in [-0.2, -0.15) is 4.99 Å². The third-order valence-corrected chi connectivity index (χ3v) is 4.06. The third kappa shape index (κ3) is 4.68. The number of amidine groups is 1. The maximum Gasteiger partial charge on any atom is 0.336 e. The zero-order valence-corrected chi connectivity index (χ0v) is 13.9. The van der Waals surface area contributed by atoms with Crippen LogP contribution in [-0.2, 0) is 9.59 Å². The summed E-state index contributed by atoms with van der Waals surface area (Å²) in [4.78, 5) is 27.5. The fraction of sp³-hybridized carbons (Fsp3) is 0. The van der Waals surface area contributed by atoms with E-state index in [0.717, 1.165) is 22.9 Å². The Kier molecular flexibility index (Phi) is 5.11. The molecule has 6 heteroatoms. The monoisotopic (exact) mass is 350 g/mol. The molecule has 0 spiro atoms. The molecule has 0 unspecified atom stereocenters. The van der Waals surface area contributed by atoms with Crippen molar-refractivity contribution in [2.45, 2.75) is 0 Å². The molecular weight excluding hydrogens is 336 g/mol. The second-order valence-corrected chi connectivity index (χ2v) is 6.16. The van der Waals surface area contributed by atoms with Gasteiger partial charge in [-0.25, -0.2) is 4.79 Å². The number of aliphatic imine (C=N–C) groups is 1. The molecule has 0 radical (unpaired) electrons. The van der Waals surface area contributed by atoms with Crippen LogP contribution >= 0.6 is 11.8 Å². The molecule has 2 aromatic rings. The Morgan fingerprint density at radius 2 is 1.76 bits per heavy atom. The van der Waals surface area contributed by atoms with E-state index in [9.17, 15) is 9.59 Å². The molecular formula is C19H14N2O3S. The number of rotatable bonds is 4. The van der Waals surface area contributed by atoms with E-state index in [4.69, 9.17) is 10.5 Å². The maximum absolute atomic E-state index is 11.8. The van der Waals surface area contributed by atoms with Crippen LogP contribution in [0.5, 0.6) is 5.75 Å². The summed E-state index contributed by atoms with van der Waals surface area (Å²) in [5.74, 6) is -0.382. The molecule has 5 nitrogen and oxygen atoms in total. The number of nitrogens with zero attached hydrogens (tertiary/aromatic N) is 1. The molecule has 2 aromatic carbocycles. The largest absolute Gasteiger partial charge is 0.423 e. The SMILES string of the molecule is NC1=NC(=O)C(=Cc2ccc(OC(=O)C=Cc3ccccc3)cc2)S1. The molecule has 0 bridgehead atoms. The van der Waals surface area contributed by atoms with Crippen LogP contribution in [0.4, 0.5) is 0 Å². The summed E-state index contributed by atoms with van der Waals surface area (Å²) in [6, 6.07) is 16.3. The third-order valence-electron chi connectivity index (χ3n) is 3.24. The van der Waals surface area contributed by atoms with Gasteiger partial charge in [0.05, 0.1) is 4.91 Å². The van der Waals surface area contributed by atoms with Crippen molar-refractivity contribution in [2.75, 3.05) is 0 Å². The van der Waals surface area contributed by atoms with Crippen LogP contribution in [-0.4, -0.2) is 17.0 Å². The number of esters is 1. The number of hydrogen-bond acceptors (Lipinski definition) is 5.